The zero-order chi connectivity index (χ0) is 25.1. The number of pyridine rings is 2. The molecule has 0 bridgehead atoms. The molecule has 0 fully saturated rings. The van der Waals surface area contributed by atoms with Crippen molar-refractivity contribution in [3.8, 4) is 16.9 Å². The Morgan fingerprint density at radius 2 is 1.97 bits per heavy atom. The van der Waals surface area contributed by atoms with E-state index in [0.29, 0.717) is 22.0 Å². The van der Waals surface area contributed by atoms with Gasteiger partial charge in [-0.1, -0.05) is 12.1 Å². The van der Waals surface area contributed by atoms with Crippen LogP contribution in [-0.4, -0.2) is 24.7 Å². The van der Waals surface area contributed by atoms with Crippen molar-refractivity contribution in [2.45, 2.75) is 32.9 Å². The number of aromatic nitrogens is 4. The van der Waals surface area contributed by atoms with Crippen LogP contribution in [0, 0.1) is 15.9 Å². The average molecular weight is 605 g/mol. The second-order valence-corrected chi connectivity index (χ2v) is 9.34. The molecule has 1 aromatic carbocycles. The van der Waals surface area contributed by atoms with Crippen LogP contribution in [0.15, 0.2) is 64.1 Å². The Balaban J connectivity index is 1.74. The number of halogens is 3. The lowest BCUT2D eigenvalue weighted by Crippen LogP contribution is -2.09. The first kappa shape index (κ1) is 24.9. The summed E-state index contributed by atoms with van der Waals surface area (Å²) < 4.78 is 23.5. The zero-order valence-electron chi connectivity index (χ0n) is 18.8. The van der Waals surface area contributed by atoms with E-state index in [0.717, 1.165) is 28.0 Å². The number of rotatable bonds is 8. The third-order valence-electron chi connectivity index (χ3n) is 5.41. The van der Waals surface area contributed by atoms with Crippen LogP contribution < -0.4 is 4.74 Å². The van der Waals surface area contributed by atoms with Crippen molar-refractivity contribution < 1.29 is 14.1 Å². The van der Waals surface area contributed by atoms with Crippen LogP contribution in [0.25, 0.3) is 11.1 Å². The van der Waals surface area contributed by atoms with Crippen molar-refractivity contribution in [3.63, 3.8) is 0 Å². The summed E-state index contributed by atoms with van der Waals surface area (Å²) in [6.45, 7) is 4.44. The number of ether oxygens (including phenoxy) is 1. The molecule has 0 saturated carbocycles. The lowest BCUT2D eigenvalue weighted by molar-refractivity contribution is -0.390. The van der Waals surface area contributed by atoms with E-state index in [9.17, 15) is 14.5 Å². The summed E-state index contributed by atoms with van der Waals surface area (Å²) in [5.74, 6) is -0.884. The van der Waals surface area contributed by atoms with Crippen molar-refractivity contribution in [2.75, 3.05) is 0 Å². The number of hydrogen-bond donors (Lipinski definition) is 0. The van der Waals surface area contributed by atoms with E-state index in [4.69, 9.17) is 4.74 Å². The molecule has 4 rings (SSSR count). The summed E-state index contributed by atoms with van der Waals surface area (Å²) in [6.07, 6.45) is 4.60. The highest BCUT2D eigenvalue weighted by Gasteiger charge is 2.23. The van der Waals surface area contributed by atoms with Gasteiger partial charge in [0.2, 0.25) is 5.75 Å². The molecule has 1 unspecified atom stereocenters. The molecule has 0 spiro atoms. The molecule has 0 radical (unpaired) electrons. The Bertz CT molecular complexity index is 1400. The summed E-state index contributed by atoms with van der Waals surface area (Å²) >= 11 is 6.86. The fraction of sp³-hybridized carbons (Fsp3) is 0.208. The minimum atomic E-state index is -0.724. The van der Waals surface area contributed by atoms with E-state index < -0.39 is 22.7 Å². The van der Waals surface area contributed by atoms with E-state index in [-0.39, 0.29) is 5.75 Å². The Kier molecular flexibility index (Phi) is 7.56. The third-order valence-corrected chi connectivity index (χ3v) is 6.76. The number of nitro groups is 1. The van der Waals surface area contributed by atoms with E-state index in [1.54, 1.807) is 25.4 Å². The molecule has 8 nitrogen and oxygen atoms in total. The molecule has 3 heterocycles. The maximum absolute atomic E-state index is 14.4. The quantitative estimate of drug-likeness (QED) is 0.165. The summed E-state index contributed by atoms with van der Waals surface area (Å²) in [4.78, 5) is 19.2. The SMILES string of the molecule is CCn1ncc(Cc2ncccc2-c2ccc(F)cc2C(C)Oc2cc(Br)cnc2[N+](=O)[O-])c1Br. The molecule has 180 valence electrons. The van der Waals surface area contributed by atoms with Crippen molar-refractivity contribution >= 4 is 37.7 Å². The summed E-state index contributed by atoms with van der Waals surface area (Å²) in [6, 6.07) is 9.61. The average Bonchev–Trinajstić information content (AvgIpc) is 3.18. The van der Waals surface area contributed by atoms with E-state index in [1.165, 1.54) is 24.4 Å². The highest BCUT2D eigenvalue weighted by molar-refractivity contribution is 9.10. The zero-order valence-corrected chi connectivity index (χ0v) is 22.0. The van der Waals surface area contributed by atoms with E-state index >= 15 is 0 Å². The maximum atomic E-state index is 14.4. The van der Waals surface area contributed by atoms with Gasteiger partial charge >= 0.3 is 5.82 Å². The highest BCUT2D eigenvalue weighted by atomic mass is 79.9. The van der Waals surface area contributed by atoms with Gasteiger partial charge in [-0.25, -0.2) is 4.39 Å². The van der Waals surface area contributed by atoms with Crippen LogP contribution in [0.4, 0.5) is 10.2 Å². The smallest absolute Gasteiger partial charge is 0.406 e. The summed E-state index contributed by atoms with van der Waals surface area (Å²) in [5.41, 5.74) is 3.79. The Hall–Kier alpha value is -3.18. The molecule has 0 saturated heterocycles. The molecule has 0 aliphatic heterocycles. The predicted octanol–water partition coefficient (Wildman–Crippen LogP) is 6.66. The topological polar surface area (TPSA) is 96.0 Å². The Labute approximate surface area is 217 Å². The van der Waals surface area contributed by atoms with Gasteiger partial charge in [0, 0.05) is 41.9 Å². The first-order chi connectivity index (χ1) is 16.8. The van der Waals surface area contributed by atoms with Gasteiger partial charge in [0.1, 0.15) is 16.5 Å². The molecule has 35 heavy (non-hydrogen) atoms. The first-order valence-corrected chi connectivity index (χ1v) is 12.3. The molecule has 1 atom stereocenters. The first-order valence-electron chi connectivity index (χ1n) is 10.7. The Morgan fingerprint density at radius 3 is 2.69 bits per heavy atom. The van der Waals surface area contributed by atoms with Gasteiger partial charge in [0.25, 0.3) is 0 Å². The molecule has 4 aromatic rings. The molecule has 0 N–H and O–H groups in total. The molecule has 0 aliphatic carbocycles. The lowest BCUT2D eigenvalue weighted by Gasteiger charge is -2.20. The largest absolute Gasteiger partial charge is 0.478 e. The van der Waals surface area contributed by atoms with Gasteiger partial charge in [-0.2, -0.15) is 5.10 Å². The van der Waals surface area contributed by atoms with Crippen molar-refractivity contribution in [1.29, 1.82) is 0 Å². The Morgan fingerprint density at radius 1 is 1.17 bits per heavy atom. The van der Waals surface area contributed by atoms with E-state index in [1.807, 2.05) is 23.7 Å². The normalized spacial score (nSPS) is 11.9. The maximum Gasteiger partial charge on any atom is 0.406 e. The number of nitrogens with zero attached hydrogens (tertiary/aromatic N) is 5. The van der Waals surface area contributed by atoms with Crippen LogP contribution in [0.3, 0.4) is 0 Å². The van der Waals surface area contributed by atoms with Crippen LogP contribution in [0.1, 0.15) is 36.8 Å². The second kappa shape index (κ2) is 10.6. The number of hydrogen-bond acceptors (Lipinski definition) is 6. The van der Waals surface area contributed by atoms with Gasteiger partial charge in [0.15, 0.2) is 6.20 Å². The van der Waals surface area contributed by atoms with Crippen molar-refractivity contribution in [2.24, 2.45) is 0 Å². The second-order valence-electron chi connectivity index (χ2n) is 7.67. The van der Waals surface area contributed by atoms with Crippen LogP contribution >= 0.6 is 31.9 Å². The van der Waals surface area contributed by atoms with Gasteiger partial charge < -0.3 is 14.9 Å². The monoisotopic (exact) mass is 603 g/mol. The van der Waals surface area contributed by atoms with Crippen LogP contribution in [0.5, 0.6) is 5.75 Å². The summed E-state index contributed by atoms with van der Waals surface area (Å²) in [5, 5.41) is 15.8. The molecule has 0 aliphatic rings. The minimum absolute atomic E-state index is 0.0191. The molecular weight excluding hydrogens is 585 g/mol. The molecule has 11 heteroatoms. The highest BCUT2D eigenvalue weighted by Crippen LogP contribution is 2.37. The fourth-order valence-electron chi connectivity index (χ4n) is 3.76. The minimum Gasteiger partial charge on any atom is -0.478 e. The van der Waals surface area contributed by atoms with Crippen molar-refractivity contribution in [3.05, 3.63) is 96.8 Å². The summed E-state index contributed by atoms with van der Waals surface area (Å²) in [7, 11) is 0. The molecular formula is C24H20Br2FN5O3. The standard InChI is InChI=1S/C24H20Br2FN5O3/c1-3-31-23(26)15(12-30-31)9-21-19(5-4-8-28-21)18-7-6-17(27)11-20(18)14(2)35-22-10-16(25)13-29-24(22)32(33)34/h4-8,10-14H,3,9H2,1-2H3. The van der Waals surface area contributed by atoms with Gasteiger partial charge in [-0.15, -0.1) is 0 Å². The van der Waals surface area contributed by atoms with E-state index in [2.05, 4.69) is 46.9 Å². The predicted molar refractivity (Wildman–Crippen MR) is 136 cm³/mol. The number of aryl methyl sites for hydroxylation is 1. The fourth-order valence-corrected chi connectivity index (χ4v) is 4.65. The molecule has 0 amide bonds. The molecule has 3 aromatic heterocycles. The van der Waals surface area contributed by atoms with Crippen LogP contribution in [0.2, 0.25) is 0 Å². The van der Waals surface area contributed by atoms with Gasteiger partial charge in [-0.3, -0.25) is 9.67 Å². The van der Waals surface area contributed by atoms with Crippen molar-refractivity contribution in [1.82, 2.24) is 19.7 Å². The van der Waals surface area contributed by atoms with Crippen LogP contribution in [-0.2, 0) is 13.0 Å². The lowest BCUT2D eigenvalue weighted by atomic mass is 9.94. The number of benzene rings is 1. The van der Waals surface area contributed by atoms with Gasteiger partial charge in [0.05, 0.1) is 16.4 Å². The van der Waals surface area contributed by atoms with Gasteiger partial charge in [-0.05, 0) is 79.4 Å². The third kappa shape index (κ3) is 5.40.